The Balaban J connectivity index is 1.56. The third-order valence-electron chi connectivity index (χ3n) is 16.0. The molecule has 524 valence electrons. The van der Waals surface area contributed by atoms with Crippen molar-refractivity contribution in [3.8, 4) is 0 Å². The first-order valence-electron chi connectivity index (χ1n) is 32.2. The van der Waals surface area contributed by atoms with Crippen molar-refractivity contribution in [2.24, 2.45) is 51.0 Å². The van der Waals surface area contributed by atoms with E-state index in [9.17, 15) is 62.3 Å². The SMILES string of the molecule is CSCC[C@H](NC(=O)[C@H](CC(C)C)NC(=O)CNC(=O)[C@@H](Cc1ccccc1)NC(=O)[C@H](Cc1ccccc1)NC(=O)[C@@H](CCC(N)=O)NC(=O)[C@H](CCC(N)=O)NC(=O)[C@@H]1CCCN1C(=O)[C@@H](CCCCN)NC(=O)[C@@H]1CCCN1C(=O)[C@@H](N)CCCN=C(N)N)C(N)=O. The van der Waals surface area contributed by atoms with E-state index in [4.69, 9.17) is 40.1 Å². The number of carbonyl (C=O) groups excluding carboxylic acids is 13. The molecule has 0 unspecified atom stereocenters. The van der Waals surface area contributed by atoms with Crippen LogP contribution < -0.4 is 82.7 Å². The van der Waals surface area contributed by atoms with E-state index >= 15 is 0 Å². The predicted molar refractivity (Wildman–Crippen MR) is 356 cm³/mol. The summed E-state index contributed by atoms with van der Waals surface area (Å²) in [5, 5.41) is 21.1. The highest BCUT2D eigenvalue weighted by Gasteiger charge is 2.42. The maximum Gasteiger partial charge on any atom is 0.245 e. The zero-order valence-electron chi connectivity index (χ0n) is 54.5. The third kappa shape index (κ3) is 27.5. The fourth-order valence-electron chi connectivity index (χ4n) is 11.0. The molecule has 22 N–H and O–H groups in total. The molecule has 10 atom stereocenters. The van der Waals surface area contributed by atoms with E-state index < -0.39 is 169 Å². The van der Waals surface area contributed by atoms with Gasteiger partial charge in [-0.1, -0.05) is 74.5 Å². The van der Waals surface area contributed by atoms with E-state index in [1.807, 2.05) is 20.1 Å². The molecule has 95 heavy (non-hydrogen) atoms. The average Bonchev–Trinajstić information content (AvgIpc) is 1.74. The number of carbonyl (C=O) groups is 13. The van der Waals surface area contributed by atoms with E-state index in [1.54, 1.807) is 60.7 Å². The number of nitrogens with zero attached hydrogens (tertiary/aromatic N) is 3. The molecule has 32 heteroatoms. The summed E-state index contributed by atoms with van der Waals surface area (Å²) in [6.07, 6.45) is 3.12. The summed E-state index contributed by atoms with van der Waals surface area (Å²) in [6.45, 7) is 3.86. The van der Waals surface area contributed by atoms with E-state index in [0.29, 0.717) is 55.4 Å². The van der Waals surface area contributed by atoms with Crippen LogP contribution in [0.1, 0.15) is 121 Å². The van der Waals surface area contributed by atoms with Crippen LogP contribution in [0.4, 0.5) is 0 Å². The summed E-state index contributed by atoms with van der Waals surface area (Å²) >= 11 is 1.45. The molecule has 2 aromatic rings. The second-order valence-electron chi connectivity index (χ2n) is 24.1. The van der Waals surface area contributed by atoms with Crippen LogP contribution in [-0.4, -0.2) is 198 Å². The van der Waals surface area contributed by atoms with Crippen LogP contribution in [0, 0.1) is 5.92 Å². The van der Waals surface area contributed by atoms with Gasteiger partial charge >= 0.3 is 0 Å². The van der Waals surface area contributed by atoms with Crippen molar-refractivity contribution in [3.63, 3.8) is 0 Å². The van der Waals surface area contributed by atoms with Crippen molar-refractivity contribution >= 4 is 94.5 Å². The van der Waals surface area contributed by atoms with Crippen LogP contribution >= 0.6 is 11.8 Å². The van der Waals surface area contributed by atoms with Crippen LogP contribution in [0.2, 0.25) is 0 Å². The van der Waals surface area contributed by atoms with Gasteiger partial charge in [-0.25, -0.2) is 0 Å². The number of likely N-dealkylation sites (tertiary alicyclic amines) is 2. The van der Waals surface area contributed by atoms with Gasteiger partial charge in [-0.05, 0) is 119 Å². The Morgan fingerprint density at radius 2 is 1.01 bits per heavy atom. The molecule has 2 aromatic carbocycles. The summed E-state index contributed by atoms with van der Waals surface area (Å²) in [5.41, 5.74) is 40.6. The second kappa shape index (κ2) is 41.0. The summed E-state index contributed by atoms with van der Waals surface area (Å²) < 4.78 is 0. The monoisotopic (exact) mass is 1350 g/mol. The van der Waals surface area contributed by atoms with Crippen molar-refractivity contribution in [1.82, 2.24) is 52.3 Å². The van der Waals surface area contributed by atoms with Gasteiger partial charge in [0.25, 0.3) is 0 Å². The van der Waals surface area contributed by atoms with E-state index in [1.165, 1.54) is 21.6 Å². The molecular weight excluding hydrogens is 1250 g/mol. The van der Waals surface area contributed by atoms with Crippen molar-refractivity contribution in [2.75, 3.05) is 44.7 Å². The van der Waals surface area contributed by atoms with Gasteiger partial charge < -0.3 is 92.5 Å². The number of rotatable bonds is 42. The lowest BCUT2D eigenvalue weighted by molar-refractivity contribution is -0.144. The van der Waals surface area contributed by atoms with Gasteiger partial charge in [-0.2, -0.15) is 11.8 Å². The highest BCUT2D eigenvalue weighted by molar-refractivity contribution is 7.98. The first kappa shape index (κ1) is 78.5. The minimum atomic E-state index is -1.64. The molecule has 0 aliphatic carbocycles. The predicted octanol–water partition coefficient (Wildman–Crippen LogP) is -3.71. The molecule has 2 heterocycles. The van der Waals surface area contributed by atoms with E-state index in [2.05, 4.69) is 47.5 Å². The largest absolute Gasteiger partial charge is 0.370 e. The standard InChI is InChI=1S/C63H98N18O13S/c1-37(2)33-45(57(89)74-41(53(68)85)27-32-95-3)73-52(84)36-72-54(86)46(34-38-15-6-4-7-16-38)78-58(90)47(35-39-17-8-5-9-18-39)79-56(88)42(23-25-50(66)82)75-55(87)43(24-26-51(67)83)76-59(91)49-22-14-31-81(49)62(94)44(20-10-11-28-64)77-60(92)48-21-13-30-80(48)61(93)40(65)19-12-29-71-63(69)70/h4-9,15-18,37,40-49H,10-14,19-36,64-65H2,1-3H3,(H2,66,82)(H2,67,83)(H2,68,85)(H,72,86)(H,73,84)(H,74,89)(H,75,87)(H,76,91)(H,77,92)(H,78,90)(H,79,88)(H4,69,70,71)/t40-,41-,42+,43-,44+,45-,46+,47-,48-,49-/m0/s1. The molecule has 0 saturated carbocycles. The van der Waals surface area contributed by atoms with Gasteiger partial charge in [0.1, 0.15) is 54.4 Å². The van der Waals surface area contributed by atoms with Gasteiger partial charge in [0.2, 0.25) is 76.8 Å². The lowest BCUT2D eigenvalue weighted by atomic mass is 10.0. The van der Waals surface area contributed by atoms with E-state index in [0.717, 1.165) is 0 Å². The van der Waals surface area contributed by atoms with Gasteiger partial charge in [-0.15, -0.1) is 0 Å². The zero-order chi connectivity index (χ0) is 70.1. The van der Waals surface area contributed by atoms with Gasteiger partial charge in [0.15, 0.2) is 5.96 Å². The highest BCUT2D eigenvalue weighted by atomic mass is 32.2. The van der Waals surface area contributed by atoms with Crippen molar-refractivity contribution in [1.29, 1.82) is 0 Å². The lowest BCUT2D eigenvalue weighted by Gasteiger charge is -2.32. The number of unbranched alkanes of at least 4 members (excludes halogenated alkanes) is 1. The highest BCUT2D eigenvalue weighted by Crippen LogP contribution is 2.24. The van der Waals surface area contributed by atoms with Crippen LogP contribution in [0.3, 0.4) is 0 Å². The Kier molecular flexibility index (Phi) is 33.9. The number of nitrogens with one attached hydrogen (secondary N) is 8. The molecular formula is C63H98N18O13S. The topological polar surface area (TPSA) is 519 Å². The molecule has 0 aromatic heterocycles. The third-order valence-corrected chi connectivity index (χ3v) is 16.7. The normalized spacial score (nSPS) is 16.8. The van der Waals surface area contributed by atoms with Gasteiger partial charge in [0, 0.05) is 45.3 Å². The first-order valence-corrected chi connectivity index (χ1v) is 33.6. The quantitative estimate of drug-likeness (QED) is 0.0173. The zero-order valence-corrected chi connectivity index (χ0v) is 55.3. The number of nitrogens with two attached hydrogens (primary N) is 7. The molecule has 0 bridgehead atoms. The minimum absolute atomic E-state index is 0.0736. The molecule has 2 aliphatic rings. The fraction of sp³-hybridized carbons (Fsp3) is 0.587. The fourth-order valence-corrected chi connectivity index (χ4v) is 11.5. The molecule has 13 amide bonds. The van der Waals surface area contributed by atoms with E-state index in [-0.39, 0.29) is 83.0 Å². The molecule has 0 radical (unpaired) electrons. The van der Waals surface area contributed by atoms with Crippen LogP contribution in [-0.2, 0) is 75.2 Å². The molecule has 2 saturated heterocycles. The maximum absolute atomic E-state index is 14.7. The Labute approximate surface area is 558 Å². The van der Waals surface area contributed by atoms with Crippen LogP contribution in [0.25, 0.3) is 0 Å². The minimum Gasteiger partial charge on any atom is -0.370 e. The summed E-state index contributed by atoms with van der Waals surface area (Å²) in [4.78, 5) is 185. The summed E-state index contributed by atoms with van der Waals surface area (Å²) in [7, 11) is 0. The van der Waals surface area contributed by atoms with Gasteiger partial charge in [0.05, 0.1) is 12.6 Å². The molecule has 2 aliphatic heterocycles. The molecule has 2 fully saturated rings. The Hall–Kier alpha value is -8.91. The van der Waals surface area contributed by atoms with Crippen molar-refractivity contribution in [3.05, 3.63) is 71.8 Å². The number of benzene rings is 2. The number of thioether (sulfide) groups is 1. The molecule has 4 rings (SSSR count). The summed E-state index contributed by atoms with van der Waals surface area (Å²) in [6, 6.07) is 4.51. The molecule has 0 spiro atoms. The average molecular weight is 1350 g/mol. The number of amides is 13. The number of hydrogen-bond donors (Lipinski definition) is 15. The second-order valence-corrected chi connectivity index (χ2v) is 25.1. The van der Waals surface area contributed by atoms with Crippen molar-refractivity contribution < 1.29 is 62.3 Å². The van der Waals surface area contributed by atoms with Crippen LogP contribution in [0.15, 0.2) is 65.7 Å². The first-order chi connectivity index (χ1) is 45.2. The smallest absolute Gasteiger partial charge is 0.245 e. The number of guanidine groups is 1. The maximum atomic E-state index is 14.7. The Bertz CT molecular complexity index is 2960. The lowest BCUT2D eigenvalue weighted by Crippen LogP contribution is -2.60. The summed E-state index contributed by atoms with van der Waals surface area (Å²) in [5.74, 6) is -9.80. The van der Waals surface area contributed by atoms with Gasteiger partial charge in [-0.3, -0.25) is 67.3 Å². The Morgan fingerprint density at radius 1 is 0.537 bits per heavy atom. The number of aliphatic imine (C=N–C) groups is 1. The number of hydrogen-bond acceptors (Lipinski definition) is 17. The molecule has 31 nitrogen and oxygen atoms in total. The van der Waals surface area contributed by atoms with Crippen LogP contribution in [0.5, 0.6) is 0 Å². The van der Waals surface area contributed by atoms with Crippen molar-refractivity contribution in [2.45, 2.75) is 183 Å². The Morgan fingerprint density at radius 3 is 1.51 bits per heavy atom. The number of primary amides is 3.